The number of carbonyl (C=O) groups excluding carboxylic acids is 1. The number of fused-ring (bicyclic) bond motifs is 2. The van der Waals surface area contributed by atoms with Gasteiger partial charge in [-0.05, 0) is 31.0 Å². The molecule has 1 aliphatic heterocycles. The molecule has 0 unspecified atom stereocenters. The molecule has 2 aromatic heterocycles. The van der Waals surface area contributed by atoms with Crippen LogP contribution in [0.1, 0.15) is 22.6 Å². The third-order valence-corrected chi connectivity index (χ3v) is 5.68. The monoisotopic (exact) mass is 336 g/mol. The molecule has 6 heteroatoms. The van der Waals surface area contributed by atoms with E-state index in [9.17, 15) is 4.79 Å². The van der Waals surface area contributed by atoms with Crippen molar-refractivity contribution in [2.24, 2.45) is 0 Å². The lowest BCUT2D eigenvalue weighted by atomic mass is 10.1. The average Bonchev–Trinajstić information content (AvgIpc) is 3.38. The number of pyridine rings is 1. The molecule has 1 aliphatic carbocycles. The molecule has 0 spiro atoms. The number of anilines is 2. The smallest absolute Gasteiger partial charge is 0.287 e. The molecular weight excluding hydrogens is 320 g/mol. The first-order valence-corrected chi connectivity index (χ1v) is 9.01. The summed E-state index contributed by atoms with van der Waals surface area (Å²) < 4.78 is 0.998. The first-order valence-electron chi connectivity index (χ1n) is 8.19. The van der Waals surface area contributed by atoms with Crippen LogP contribution >= 0.6 is 11.3 Å². The van der Waals surface area contributed by atoms with Gasteiger partial charge in [0.1, 0.15) is 5.52 Å². The maximum Gasteiger partial charge on any atom is 0.287 e. The molecule has 120 valence electrons. The van der Waals surface area contributed by atoms with Gasteiger partial charge in [0, 0.05) is 25.3 Å². The zero-order valence-electron chi connectivity index (χ0n) is 13.1. The Hall–Kier alpha value is -2.47. The van der Waals surface area contributed by atoms with Crippen LogP contribution in [0.3, 0.4) is 0 Å². The number of amides is 1. The fourth-order valence-corrected chi connectivity index (χ4v) is 4.23. The van der Waals surface area contributed by atoms with Crippen LogP contribution in [-0.4, -0.2) is 35.0 Å². The lowest BCUT2D eigenvalue weighted by molar-refractivity contribution is 0.0986. The van der Waals surface area contributed by atoms with Crippen LogP contribution in [0.4, 0.5) is 11.4 Å². The Morgan fingerprint density at radius 3 is 2.75 bits per heavy atom. The molecular formula is C18H16N4OS. The quantitative estimate of drug-likeness (QED) is 0.720. The van der Waals surface area contributed by atoms with Crippen molar-refractivity contribution < 1.29 is 4.79 Å². The van der Waals surface area contributed by atoms with Crippen molar-refractivity contribution in [1.29, 1.82) is 0 Å². The van der Waals surface area contributed by atoms with E-state index < -0.39 is 0 Å². The number of carbonyl (C=O) groups is 1. The minimum atomic E-state index is -0.0147. The number of benzene rings is 1. The third-order valence-electron chi connectivity index (χ3n) is 4.65. The van der Waals surface area contributed by atoms with Gasteiger partial charge in [0.25, 0.3) is 5.91 Å². The number of para-hydroxylation sites is 2. The van der Waals surface area contributed by atoms with Gasteiger partial charge >= 0.3 is 0 Å². The molecule has 0 atom stereocenters. The van der Waals surface area contributed by atoms with Gasteiger partial charge in [0.15, 0.2) is 5.01 Å². The van der Waals surface area contributed by atoms with E-state index in [0.29, 0.717) is 17.6 Å². The van der Waals surface area contributed by atoms with Gasteiger partial charge in [0.2, 0.25) is 0 Å². The minimum Gasteiger partial charge on any atom is -0.365 e. The van der Waals surface area contributed by atoms with Crippen molar-refractivity contribution in [2.75, 3.05) is 22.9 Å². The molecule has 2 aliphatic rings. The highest BCUT2D eigenvalue weighted by atomic mass is 32.1. The number of thiazole rings is 1. The van der Waals surface area contributed by atoms with E-state index >= 15 is 0 Å². The normalized spacial score (nSPS) is 17.2. The number of aromatic nitrogens is 2. The maximum absolute atomic E-state index is 13.1. The van der Waals surface area contributed by atoms with E-state index in [4.69, 9.17) is 0 Å². The third kappa shape index (κ3) is 2.17. The Labute approximate surface area is 143 Å². The maximum atomic E-state index is 13.1. The predicted molar refractivity (Wildman–Crippen MR) is 95.9 cm³/mol. The Morgan fingerprint density at radius 2 is 1.96 bits per heavy atom. The summed E-state index contributed by atoms with van der Waals surface area (Å²) in [7, 11) is 0. The second-order valence-electron chi connectivity index (χ2n) is 6.23. The van der Waals surface area contributed by atoms with E-state index in [1.54, 1.807) is 12.4 Å². The molecule has 1 saturated carbocycles. The van der Waals surface area contributed by atoms with Gasteiger partial charge in [-0.25, -0.2) is 4.98 Å². The molecule has 1 aromatic carbocycles. The Balaban J connectivity index is 1.53. The molecule has 1 amide bonds. The molecule has 5 nitrogen and oxygen atoms in total. The van der Waals surface area contributed by atoms with Crippen LogP contribution in [0.2, 0.25) is 0 Å². The molecule has 1 fully saturated rings. The Morgan fingerprint density at radius 1 is 1.12 bits per heavy atom. The summed E-state index contributed by atoms with van der Waals surface area (Å²) in [5, 5.41) is 0.535. The first-order chi connectivity index (χ1) is 11.8. The molecule has 0 bridgehead atoms. The zero-order chi connectivity index (χ0) is 16.1. The van der Waals surface area contributed by atoms with Crippen molar-refractivity contribution in [2.45, 2.75) is 18.9 Å². The van der Waals surface area contributed by atoms with Crippen LogP contribution in [0, 0.1) is 0 Å². The molecule has 0 saturated heterocycles. The summed E-state index contributed by atoms with van der Waals surface area (Å²) in [4.78, 5) is 25.9. The van der Waals surface area contributed by atoms with Crippen molar-refractivity contribution in [3.05, 3.63) is 47.7 Å². The van der Waals surface area contributed by atoms with Crippen LogP contribution in [0.5, 0.6) is 0 Å². The van der Waals surface area contributed by atoms with Crippen molar-refractivity contribution >= 4 is 38.8 Å². The van der Waals surface area contributed by atoms with E-state index in [-0.39, 0.29) is 5.91 Å². The zero-order valence-corrected chi connectivity index (χ0v) is 13.9. The summed E-state index contributed by atoms with van der Waals surface area (Å²) in [5.41, 5.74) is 2.95. The minimum absolute atomic E-state index is 0.0147. The second kappa shape index (κ2) is 5.27. The fourth-order valence-electron chi connectivity index (χ4n) is 3.35. The highest BCUT2D eigenvalue weighted by Crippen LogP contribution is 2.40. The van der Waals surface area contributed by atoms with Crippen LogP contribution in [0.25, 0.3) is 10.2 Å². The van der Waals surface area contributed by atoms with Gasteiger partial charge in [-0.15, -0.1) is 11.3 Å². The number of hydrogen-bond acceptors (Lipinski definition) is 5. The summed E-state index contributed by atoms with van der Waals surface area (Å²) in [6, 6.07) is 10.8. The van der Waals surface area contributed by atoms with E-state index in [1.165, 1.54) is 29.9 Å². The molecule has 3 heterocycles. The van der Waals surface area contributed by atoms with Crippen LogP contribution in [0.15, 0.2) is 42.7 Å². The summed E-state index contributed by atoms with van der Waals surface area (Å²) in [5.74, 6) is -0.0147. The largest absolute Gasteiger partial charge is 0.365 e. The summed E-state index contributed by atoms with van der Waals surface area (Å²) in [6.45, 7) is 1.60. The lowest BCUT2D eigenvalue weighted by Gasteiger charge is -2.37. The average molecular weight is 336 g/mol. The van der Waals surface area contributed by atoms with E-state index in [1.807, 2.05) is 29.2 Å². The summed E-state index contributed by atoms with van der Waals surface area (Å²) >= 11 is 1.44. The van der Waals surface area contributed by atoms with Gasteiger partial charge in [-0.1, -0.05) is 12.1 Å². The van der Waals surface area contributed by atoms with E-state index in [0.717, 1.165) is 22.4 Å². The Bertz CT molecular complexity index is 900. The molecule has 0 N–H and O–H groups in total. The molecule has 5 rings (SSSR count). The van der Waals surface area contributed by atoms with Crippen molar-refractivity contribution in [3.8, 4) is 0 Å². The first kappa shape index (κ1) is 13.9. The van der Waals surface area contributed by atoms with Gasteiger partial charge in [-0.3, -0.25) is 9.78 Å². The van der Waals surface area contributed by atoms with Gasteiger partial charge in [-0.2, -0.15) is 0 Å². The van der Waals surface area contributed by atoms with Gasteiger partial charge in [0.05, 0.1) is 22.3 Å². The van der Waals surface area contributed by atoms with Crippen molar-refractivity contribution in [1.82, 2.24) is 9.97 Å². The Kier molecular flexibility index (Phi) is 3.06. The predicted octanol–water partition coefficient (Wildman–Crippen LogP) is 3.32. The lowest BCUT2D eigenvalue weighted by Crippen LogP contribution is -2.45. The van der Waals surface area contributed by atoms with Crippen molar-refractivity contribution in [3.63, 3.8) is 0 Å². The molecule has 24 heavy (non-hydrogen) atoms. The topological polar surface area (TPSA) is 49.3 Å². The fraction of sp³-hybridized carbons (Fsp3) is 0.278. The van der Waals surface area contributed by atoms with Gasteiger partial charge < -0.3 is 9.80 Å². The molecule has 3 aromatic rings. The number of nitrogens with zero attached hydrogens (tertiary/aromatic N) is 4. The van der Waals surface area contributed by atoms with E-state index in [2.05, 4.69) is 20.9 Å². The standard InChI is InChI=1S/C18H16N4OS/c23-18(17-20-13-11-19-8-7-16(13)24-17)22-10-9-21(12-5-6-12)14-3-1-2-4-15(14)22/h1-4,7-8,11-12H,5-6,9-10H2. The summed E-state index contributed by atoms with van der Waals surface area (Å²) in [6.07, 6.45) is 5.96. The highest BCUT2D eigenvalue weighted by Gasteiger charge is 2.36. The highest BCUT2D eigenvalue weighted by molar-refractivity contribution is 7.20. The van der Waals surface area contributed by atoms with Crippen LogP contribution in [-0.2, 0) is 0 Å². The number of hydrogen-bond donors (Lipinski definition) is 0. The van der Waals surface area contributed by atoms with Crippen LogP contribution < -0.4 is 9.80 Å². The second-order valence-corrected chi connectivity index (χ2v) is 7.26. The molecule has 0 radical (unpaired) electrons. The SMILES string of the molecule is O=C(c1nc2cnccc2s1)N1CCN(C2CC2)c2ccccc21. The number of rotatable bonds is 2.